The number of carbonyl (C=O) groups excluding carboxylic acids is 1. The van der Waals surface area contributed by atoms with Crippen LogP contribution in [0.25, 0.3) is 11.1 Å². The van der Waals surface area contributed by atoms with Gasteiger partial charge in [0.2, 0.25) is 5.78 Å². The lowest BCUT2D eigenvalue weighted by atomic mass is 10.0. The van der Waals surface area contributed by atoms with E-state index in [1.807, 2.05) is 0 Å². The fourth-order valence-corrected chi connectivity index (χ4v) is 2.44. The van der Waals surface area contributed by atoms with Gasteiger partial charge in [-0.3, -0.25) is 25.0 Å². The molecular weight excluding hydrogens is 264 g/mol. The van der Waals surface area contributed by atoms with Crippen molar-refractivity contribution in [2.24, 2.45) is 0 Å². The molecule has 0 unspecified atom stereocenters. The molecule has 0 saturated heterocycles. The van der Waals surface area contributed by atoms with Gasteiger partial charge in [-0.2, -0.15) is 0 Å². The van der Waals surface area contributed by atoms with Crippen molar-refractivity contribution < 1.29 is 14.6 Å². The molecule has 2 aromatic rings. The lowest BCUT2D eigenvalue weighted by molar-refractivity contribution is -0.385. The fraction of sp³-hybridized carbons (Fsp3) is 0. The van der Waals surface area contributed by atoms with Crippen molar-refractivity contribution in [1.29, 1.82) is 0 Å². The van der Waals surface area contributed by atoms with Crippen LogP contribution in [-0.2, 0) is 0 Å². The first kappa shape index (κ1) is 12.0. The molecule has 0 aromatic heterocycles. The van der Waals surface area contributed by atoms with Crippen LogP contribution in [0.1, 0.15) is 15.9 Å². The van der Waals surface area contributed by atoms with E-state index in [2.05, 4.69) is 0 Å². The Morgan fingerprint density at radius 3 is 1.80 bits per heavy atom. The second-order valence-corrected chi connectivity index (χ2v) is 4.24. The zero-order valence-electron chi connectivity index (χ0n) is 9.90. The topological polar surface area (TPSA) is 103 Å². The zero-order valence-corrected chi connectivity index (χ0v) is 9.90. The molecule has 7 heteroatoms. The van der Waals surface area contributed by atoms with Gasteiger partial charge >= 0.3 is 0 Å². The van der Waals surface area contributed by atoms with Gasteiger partial charge in [0.1, 0.15) is 5.56 Å². The van der Waals surface area contributed by atoms with E-state index < -0.39 is 15.6 Å². The number of fused-ring (bicyclic) bond motifs is 3. The van der Waals surface area contributed by atoms with Crippen LogP contribution in [0, 0.1) is 20.2 Å². The standard InChI is InChI=1S/C13H6N2O5/c16-13-8-4-2-5-9(14(17)18)11(8)7-3-1-6-10(12(7)13)15(19)20/h1-6H. The quantitative estimate of drug-likeness (QED) is 0.526. The highest BCUT2D eigenvalue weighted by Gasteiger charge is 2.37. The molecule has 3 rings (SSSR count). The number of benzene rings is 2. The largest absolute Gasteiger partial charge is 0.288 e. The molecule has 0 spiro atoms. The number of carbonyl (C=O) groups is 1. The summed E-state index contributed by atoms with van der Waals surface area (Å²) in [7, 11) is 0. The van der Waals surface area contributed by atoms with E-state index in [0.29, 0.717) is 0 Å². The van der Waals surface area contributed by atoms with Crippen LogP contribution in [0.15, 0.2) is 36.4 Å². The summed E-state index contributed by atoms with van der Waals surface area (Å²) >= 11 is 0. The summed E-state index contributed by atoms with van der Waals surface area (Å²) in [6.07, 6.45) is 0. The van der Waals surface area contributed by atoms with E-state index in [4.69, 9.17) is 0 Å². The van der Waals surface area contributed by atoms with Gasteiger partial charge in [0.15, 0.2) is 0 Å². The van der Waals surface area contributed by atoms with Gasteiger partial charge in [-0.25, -0.2) is 0 Å². The van der Waals surface area contributed by atoms with E-state index in [1.165, 1.54) is 36.4 Å². The molecule has 0 heterocycles. The summed E-state index contributed by atoms with van der Waals surface area (Å²) in [5.41, 5.74) is -0.119. The molecule has 2 aromatic carbocycles. The first-order valence-corrected chi connectivity index (χ1v) is 5.62. The van der Waals surface area contributed by atoms with E-state index >= 15 is 0 Å². The Hall–Kier alpha value is -3.09. The first-order chi connectivity index (χ1) is 9.52. The van der Waals surface area contributed by atoms with Crippen molar-refractivity contribution in [3.63, 3.8) is 0 Å². The number of ketones is 1. The molecule has 1 aliphatic rings. The molecule has 20 heavy (non-hydrogen) atoms. The second kappa shape index (κ2) is 3.95. The van der Waals surface area contributed by atoms with Gasteiger partial charge in [-0.15, -0.1) is 0 Å². The van der Waals surface area contributed by atoms with Crippen LogP contribution in [0.5, 0.6) is 0 Å². The lowest BCUT2D eigenvalue weighted by Crippen LogP contribution is -2.00. The second-order valence-electron chi connectivity index (χ2n) is 4.24. The van der Waals surface area contributed by atoms with Crippen molar-refractivity contribution in [3.8, 4) is 11.1 Å². The minimum absolute atomic E-state index is 0.0817. The van der Waals surface area contributed by atoms with Crippen LogP contribution in [0.3, 0.4) is 0 Å². The Balaban J connectivity index is 2.41. The predicted molar refractivity (Wildman–Crippen MR) is 68.6 cm³/mol. The molecule has 0 saturated carbocycles. The van der Waals surface area contributed by atoms with Crippen molar-refractivity contribution in [2.75, 3.05) is 0 Å². The van der Waals surface area contributed by atoms with E-state index in [9.17, 15) is 25.0 Å². The van der Waals surface area contributed by atoms with Gasteiger partial charge in [-0.1, -0.05) is 18.2 Å². The monoisotopic (exact) mass is 270 g/mol. The van der Waals surface area contributed by atoms with Gasteiger partial charge in [-0.05, 0) is 6.07 Å². The minimum atomic E-state index is -0.658. The van der Waals surface area contributed by atoms with Gasteiger partial charge < -0.3 is 0 Å². The molecule has 0 atom stereocenters. The maximum Gasteiger partial charge on any atom is 0.281 e. The molecule has 0 aliphatic heterocycles. The summed E-state index contributed by atoms with van der Waals surface area (Å²) in [4.78, 5) is 33.1. The Morgan fingerprint density at radius 2 is 1.25 bits per heavy atom. The summed E-state index contributed by atoms with van der Waals surface area (Å²) in [5.74, 6) is -0.550. The molecule has 0 radical (unpaired) electrons. The summed E-state index contributed by atoms with van der Waals surface area (Å²) < 4.78 is 0. The molecule has 1 aliphatic carbocycles. The Kier molecular flexibility index (Phi) is 2.37. The van der Waals surface area contributed by atoms with Crippen LogP contribution in [0.2, 0.25) is 0 Å². The molecule has 98 valence electrons. The minimum Gasteiger partial charge on any atom is -0.288 e. The molecule has 7 nitrogen and oxygen atoms in total. The SMILES string of the molecule is O=C1c2cccc([N+](=O)[O-])c2-c2cccc([N+](=O)[O-])c21. The van der Waals surface area contributed by atoms with Crippen LogP contribution < -0.4 is 0 Å². The zero-order chi connectivity index (χ0) is 14.4. The van der Waals surface area contributed by atoms with E-state index in [1.54, 1.807) is 0 Å². The molecule has 0 N–H and O–H groups in total. The third-order valence-corrected chi connectivity index (χ3v) is 3.22. The molecule has 0 amide bonds. The third-order valence-electron chi connectivity index (χ3n) is 3.22. The Bertz CT molecular complexity index is 797. The molecular formula is C13H6N2O5. The predicted octanol–water partition coefficient (Wildman–Crippen LogP) is 2.71. The number of nitrogens with zero attached hydrogens (tertiary/aromatic N) is 2. The van der Waals surface area contributed by atoms with Crippen molar-refractivity contribution in [2.45, 2.75) is 0 Å². The normalized spacial score (nSPS) is 11.9. The molecule has 0 fully saturated rings. The van der Waals surface area contributed by atoms with E-state index in [0.717, 1.165) is 0 Å². The third kappa shape index (κ3) is 1.43. The summed E-state index contributed by atoms with van der Waals surface area (Å²) in [6, 6.07) is 8.23. The maximum atomic E-state index is 12.3. The summed E-state index contributed by atoms with van der Waals surface area (Å²) in [6.45, 7) is 0. The number of nitro groups is 2. The maximum absolute atomic E-state index is 12.3. The van der Waals surface area contributed by atoms with Crippen molar-refractivity contribution >= 4 is 17.2 Å². The Labute approximate surface area is 111 Å². The van der Waals surface area contributed by atoms with Gasteiger partial charge in [0.25, 0.3) is 11.4 Å². The first-order valence-electron chi connectivity index (χ1n) is 5.62. The number of hydrogen-bond acceptors (Lipinski definition) is 5. The lowest BCUT2D eigenvalue weighted by Gasteiger charge is -2.01. The number of rotatable bonds is 2. The number of nitro benzene ring substituents is 2. The average Bonchev–Trinajstić information content (AvgIpc) is 2.72. The average molecular weight is 270 g/mol. The van der Waals surface area contributed by atoms with Crippen LogP contribution >= 0.6 is 0 Å². The summed E-state index contributed by atoms with van der Waals surface area (Å²) in [5, 5.41) is 22.1. The highest BCUT2D eigenvalue weighted by molar-refractivity contribution is 6.25. The smallest absolute Gasteiger partial charge is 0.281 e. The van der Waals surface area contributed by atoms with Gasteiger partial charge in [0, 0.05) is 23.3 Å². The molecule has 0 bridgehead atoms. The fourth-order valence-electron chi connectivity index (χ4n) is 2.44. The highest BCUT2D eigenvalue weighted by Crippen LogP contribution is 2.45. The van der Waals surface area contributed by atoms with Crippen LogP contribution in [-0.4, -0.2) is 15.6 Å². The van der Waals surface area contributed by atoms with Crippen LogP contribution in [0.4, 0.5) is 11.4 Å². The van der Waals surface area contributed by atoms with E-state index in [-0.39, 0.29) is 33.6 Å². The Morgan fingerprint density at radius 1 is 0.750 bits per heavy atom. The van der Waals surface area contributed by atoms with Gasteiger partial charge in [0.05, 0.1) is 15.4 Å². The van der Waals surface area contributed by atoms with Crippen molar-refractivity contribution in [3.05, 3.63) is 67.8 Å². The highest BCUT2D eigenvalue weighted by atomic mass is 16.6. The number of hydrogen-bond donors (Lipinski definition) is 0. The van der Waals surface area contributed by atoms with Crippen molar-refractivity contribution in [1.82, 2.24) is 0 Å².